The van der Waals surface area contributed by atoms with Crippen LogP contribution in [0.3, 0.4) is 0 Å². The number of ketones is 1. The van der Waals surface area contributed by atoms with Gasteiger partial charge in [0.05, 0.1) is 5.56 Å². The Balaban J connectivity index is 3.00. The minimum absolute atomic E-state index is 0.0537. The molecule has 17 heavy (non-hydrogen) atoms. The zero-order valence-corrected chi connectivity index (χ0v) is 11.8. The first-order valence-corrected chi connectivity index (χ1v) is 6.73. The van der Waals surface area contributed by atoms with E-state index in [-0.39, 0.29) is 22.2 Å². The van der Waals surface area contributed by atoms with Crippen LogP contribution in [-0.2, 0) is 6.18 Å². The van der Waals surface area contributed by atoms with Crippen LogP contribution < -0.4 is 0 Å². The molecule has 0 aliphatic carbocycles. The summed E-state index contributed by atoms with van der Waals surface area (Å²) >= 11 is 6.00. The van der Waals surface area contributed by atoms with Gasteiger partial charge < -0.3 is 0 Å². The molecule has 1 aromatic rings. The molecule has 0 amide bonds. The highest BCUT2D eigenvalue weighted by Gasteiger charge is 2.33. The summed E-state index contributed by atoms with van der Waals surface area (Å²) in [5.74, 6) is -0.276. The van der Waals surface area contributed by atoms with Crippen LogP contribution in [0.4, 0.5) is 13.2 Å². The Morgan fingerprint density at radius 3 is 2.47 bits per heavy atom. The normalized spacial score (nSPS) is 11.6. The first-order chi connectivity index (χ1) is 7.86. The molecule has 0 fully saturated rings. The molecule has 0 aliphatic rings. The summed E-state index contributed by atoms with van der Waals surface area (Å²) < 4.78 is 37.7. The molecule has 94 valence electrons. The average Bonchev–Trinajstić information content (AvgIpc) is 2.25. The van der Waals surface area contributed by atoms with Gasteiger partial charge in [-0.2, -0.15) is 13.2 Å². The minimum Gasteiger partial charge on any atom is -0.294 e. The maximum Gasteiger partial charge on any atom is 0.417 e. The van der Waals surface area contributed by atoms with E-state index in [4.69, 9.17) is 0 Å². The van der Waals surface area contributed by atoms with E-state index in [1.54, 1.807) is 0 Å². The van der Waals surface area contributed by atoms with Crippen molar-refractivity contribution in [3.63, 3.8) is 0 Å². The molecular formula is C11H9Br2F3O. The number of carbonyl (C=O) groups excluding carboxylic acids is 1. The van der Waals surface area contributed by atoms with Crippen LogP contribution in [0.15, 0.2) is 22.7 Å². The number of Topliss-reactive ketones (excluding diaryl/α,β-unsaturated/α-hetero) is 1. The molecule has 0 spiro atoms. The van der Waals surface area contributed by atoms with Crippen molar-refractivity contribution < 1.29 is 18.0 Å². The maximum atomic E-state index is 12.6. The zero-order valence-electron chi connectivity index (χ0n) is 8.65. The first kappa shape index (κ1) is 14.7. The SMILES string of the molecule is O=C(CCCBr)c1ccc(Br)c(C(F)(F)F)c1. The lowest BCUT2D eigenvalue weighted by molar-refractivity contribution is -0.138. The fourth-order valence-corrected chi connectivity index (χ4v) is 2.04. The zero-order chi connectivity index (χ0) is 13.1. The van der Waals surface area contributed by atoms with E-state index in [2.05, 4.69) is 31.9 Å². The molecule has 0 bridgehead atoms. The average molecular weight is 374 g/mol. The van der Waals surface area contributed by atoms with Crippen LogP contribution in [0.25, 0.3) is 0 Å². The molecular weight excluding hydrogens is 365 g/mol. The number of hydrogen-bond donors (Lipinski definition) is 0. The van der Waals surface area contributed by atoms with Crippen LogP contribution in [-0.4, -0.2) is 11.1 Å². The Kier molecular flexibility index (Phi) is 5.19. The largest absolute Gasteiger partial charge is 0.417 e. The van der Waals surface area contributed by atoms with E-state index >= 15 is 0 Å². The Bertz CT molecular complexity index is 416. The molecule has 6 heteroatoms. The number of carbonyl (C=O) groups is 1. The van der Waals surface area contributed by atoms with Crippen molar-refractivity contribution in [1.29, 1.82) is 0 Å². The topological polar surface area (TPSA) is 17.1 Å². The number of alkyl halides is 4. The van der Waals surface area contributed by atoms with Crippen molar-refractivity contribution in [3.05, 3.63) is 33.8 Å². The molecule has 0 N–H and O–H groups in total. The molecule has 0 saturated carbocycles. The van der Waals surface area contributed by atoms with Crippen molar-refractivity contribution in [2.24, 2.45) is 0 Å². The highest BCUT2D eigenvalue weighted by Crippen LogP contribution is 2.35. The van der Waals surface area contributed by atoms with Gasteiger partial charge in [0, 0.05) is 21.8 Å². The van der Waals surface area contributed by atoms with Crippen LogP contribution in [0.5, 0.6) is 0 Å². The van der Waals surface area contributed by atoms with E-state index < -0.39 is 11.7 Å². The molecule has 1 rings (SSSR count). The summed E-state index contributed by atoms with van der Waals surface area (Å²) in [6.07, 6.45) is -3.61. The van der Waals surface area contributed by atoms with Crippen molar-refractivity contribution >= 4 is 37.6 Å². The molecule has 1 aromatic carbocycles. The van der Waals surface area contributed by atoms with E-state index in [1.807, 2.05) is 0 Å². The minimum atomic E-state index is -4.45. The summed E-state index contributed by atoms with van der Waals surface area (Å²) in [5, 5.41) is 0.654. The van der Waals surface area contributed by atoms with Gasteiger partial charge >= 0.3 is 6.18 Å². The summed E-state index contributed by atoms with van der Waals surface area (Å²) in [6.45, 7) is 0. The van der Waals surface area contributed by atoms with Crippen molar-refractivity contribution in [2.45, 2.75) is 19.0 Å². The summed E-state index contributed by atoms with van der Waals surface area (Å²) in [6, 6.07) is 3.54. The fourth-order valence-electron chi connectivity index (χ4n) is 1.29. The number of hydrogen-bond acceptors (Lipinski definition) is 1. The lowest BCUT2D eigenvalue weighted by Crippen LogP contribution is -2.08. The molecule has 0 atom stereocenters. The fraction of sp³-hybridized carbons (Fsp3) is 0.364. The molecule has 0 radical (unpaired) electrons. The van der Waals surface area contributed by atoms with E-state index in [1.165, 1.54) is 12.1 Å². The van der Waals surface area contributed by atoms with E-state index in [0.29, 0.717) is 11.8 Å². The van der Waals surface area contributed by atoms with Gasteiger partial charge in [-0.25, -0.2) is 0 Å². The van der Waals surface area contributed by atoms with Crippen LogP contribution in [0, 0.1) is 0 Å². The van der Waals surface area contributed by atoms with Crippen molar-refractivity contribution in [2.75, 3.05) is 5.33 Å². The smallest absolute Gasteiger partial charge is 0.294 e. The molecule has 0 unspecified atom stereocenters. The van der Waals surface area contributed by atoms with Gasteiger partial charge in [-0.05, 0) is 18.6 Å². The Morgan fingerprint density at radius 1 is 1.29 bits per heavy atom. The molecule has 0 heterocycles. The van der Waals surface area contributed by atoms with Crippen molar-refractivity contribution in [1.82, 2.24) is 0 Å². The predicted molar refractivity (Wildman–Crippen MR) is 66.5 cm³/mol. The summed E-state index contributed by atoms with van der Waals surface area (Å²) in [4.78, 5) is 11.6. The number of halogens is 5. The maximum absolute atomic E-state index is 12.6. The Hall–Kier alpha value is -0.360. The van der Waals surface area contributed by atoms with Gasteiger partial charge in [-0.1, -0.05) is 37.9 Å². The van der Waals surface area contributed by atoms with Gasteiger partial charge in [-0.3, -0.25) is 4.79 Å². The third-order valence-corrected chi connectivity index (χ3v) is 3.38. The van der Waals surface area contributed by atoms with Crippen LogP contribution in [0.1, 0.15) is 28.8 Å². The Morgan fingerprint density at radius 2 is 1.94 bits per heavy atom. The van der Waals surface area contributed by atoms with Crippen molar-refractivity contribution in [3.8, 4) is 0 Å². The standard InChI is InChI=1S/C11H9Br2F3O/c12-5-1-2-10(17)7-3-4-9(13)8(6-7)11(14,15)16/h3-4,6H,1-2,5H2. The second-order valence-corrected chi connectivity index (χ2v) is 5.06. The molecule has 0 aromatic heterocycles. The van der Waals surface area contributed by atoms with Gasteiger partial charge in [0.25, 0.3) is 0 Å². The van der Waals surface area contributed by atoms with E-state index in [9.17, 15) is 18.0 Å². The summed E-state index contributed by atoms with van der Waals surface area (Å²) in [7, 11) is 0. The lowest BCUT2D eigenvalue weighted by Gasteiger charge is -2.10. The Labute approximate surface area is 114 Å². The van der Waals surface area contributed by atoms with E-state index in [0.717, 1.165) is 6.07 Å². The number of benzene rings is 1. The second kappa shape index (κ2) is 6.00. The highest BCUT2D eigenvalue weighted by atomic mass is 79.9. The van der Waals surface area contributed by atoms with Crippen LogP contribution in [0.2, 0.25) is 0 Å². The van der Waals surface area contributed by atoms with Gasteiger partial charge in [0.1, 0.15) is 0 Å². The quantitative estimate of drug-likeness (QED) is 0.546. The third kappa shape index (κ3) is 4.10. The number of rotatable bonds is 4. The third-order valence-electron chi connectivity index (χ3n) is 2.13. The highest BCUT2D eigenvalue weighted by molar-refractivity contribution is 9.10. The predicted octanol–water partition coefficient (Wildman–Crippen LogP) is 4.83. The van der Waals surface area contributed by atoms with Crippen LogP contribution >= 0.6 is 31.9 Å². The summed E-state index contributed by atoms with van der Waals surface area (Å²) in [5.41, 5.74) is -0.719. The molecule has 0 aliphatic heterocycles. The molecule has 1 nitrogen and oxygen atoms in total. The van der Waals surface area contributed by atoms with Gasteiger partial charge in [0.15, 0.2) is 5.78 Å². The van der Waals surface area contributed by atoms with Gasteiger partial charge in [-0.15, -0.1) is 0 Å². The second-order valence-electron chi connectivity index (χ2n) is 3.41. The lowest BCUT2D eigenvalue weighted by atomic mass is 10.0. The van der Waals surface area contributed by atoms with Gasteiger partial charge in [0.2, 0.25) is 0 Å². The monoisotopic (exact) mass is 372 g/mol. The first-order valence-electron chi connectivity index (χ1n) is 4.82. The molecule has 0 saturated heterocycles.